The summed E-state index contributed by atoms with van der Waals surface area (Å²) in [4.78, 5) is 0. The van der Waals surface area contributed by atoms with E-state index in [9.17, 15) is 8.78 Å². The number of benzene rings is 1. The predicted molar refractivity (Wildman–Crippen MR) is 98.7 cm³/mol. The maximum atomic E-state index is 14.2. The lowest BCUT2D eigenvalue weighted by molar-refractivity contribution is 0.186. The molecule has 1 aliphatic rings. The molecule has 5 heteroatoms. The van der Waals surface area contributed by atoms with Gasteiger partial charge >= 0.3 is 0 Å². The van der Waals surface area contributed by atoms with Crippen LogP contribution >= 0.6 is 0 Å². The predicted octanol–water partition coefficient (Wildman–Crippen LogP) is 5.53. The van der Waals surface area contributed by atoms with Crippen LogP contribution in [-0.4, -0.2) is 26.9 Å². The van der Waals surface area contributed by atoms with Crippen molar-refractivity contribution in [1.29, 1.82) is 0 Å². The molecule has 0 atom stereocenters. The molecule has 1 aliphatic carbocycles. The van der Waals surface area contributed by atoms with E-state index < -0.39 is 11.6 Å². The van der Waals surface area contributed by atoms with Gasteiger partial charge in [-0.05, 0) is 56.1 Å². The Bertz CT molecular complexity index is 567. The third-order valence-corrected chi connectivity index (χ3v) is 4.80. The van der Waals surface area contributed by atoms with Crippen molar-refractivity contribution in [3.63, 3.8) is 0 Å². The summed E-state index contributed by atoms with van der Waals surface area (Å²) in [6.07, 6.45) is 10.3. The monoisotopic (exact) mass is 368 g/mol. The molecule has 0 aliphatic heterocycles. The Morgan fingerprint density at radius 2 is 1.69 bits per heavy atom. The fourth-order valence-corrected chi connectivity index (χ4v) is 3.16. The van der Waals surface area contributed by atoms with Gasteiger partial charge in [-0.25, -0.2) is 0 Å². The molecule has 1 aromatic carbocycles. The summed E-state index contributed by atoms with van der Waals surface area (Å²) in [6, 6.07) is 2.90. The summed E-state index contributed by atoms with van der Waals surface area (Å²) < 4.78 is 44.1. The molecule has 0 radical (unpaired) electrons. The van der Waals surface area contributed by atoms with Crippen molar-refractivity contribution in [3.8, 4) is 11.5 Å². The van der Waals surface area contributed by atoms with Crippen LogP contribution in [0.3, 0.4) is 0 Å². The molecule has 0 N–H and O–H groups in total. The van der Waals surface area contributed by atoms with Crippen molar-refractivity contribution in [3.05, 3.63) is 35.9 Å². The van der Waals surface area contributed by atoms with E-state index in [0.29, 0.717) is 31.7 Å². The number of ether oxygens (including phenoxy) is 3. The molecule has 0 saturated heterocycles. The van der Waals surface area contributed by atoms with E-state index in [1.165, 1.54) is 12.1 Å². The number of allylic oxidation sites excluding steroid dienone is 1. The highest BCUT2D eigenvalue weighted by molar-refractivity contribution is 5.35. The number of rotatable bonds is 10. The third-order valence-electron chi connectivity index (χ3n) is 4.80. The Kier molecular flexibility index (Phi) is 8.89. The molecule has 3 nitrogen and oxygen atoms in total. The van der Waals surface area contributed by atoms with Gasteiger partial charge in [-0.15, -0.1) is 0 Å². The summed E-state index contributed by atoms with van der Waals surface area (Å²) in [5.74, 6) is -1.06. The highest BCUT2D eigenvalue weighted by Crippen LogP contribution is 2.32. The summed E-state index contributed by atoms with van der Waals surface area (Å²) in [5, 5.41) is 0. The molecule has 1 aromatic rings. The lowest BCUT2D eigenvalue weighted by atomic mass is 9.82. The Morgan fingerprint density at radius 1 is 1.04 bits per heavy atom. The maximum Gasteiger partial charge on any atom is 0.204 e. The minimum absolute atomic E-state index is 0.0348. The normalized spacial score (nSPS) is 20.5. The number of halogens is 2. The zero-order chi connectivity index (χ0) is 18.8. The second kappa shape index (κ2) is 11.2. The van der Waals surface area contributed by atoms with Crippen LogP contribution < -0.4 is 9.47 Å². The number of hydrogen-bond donors (Lipinski definition) is 0. The van der Waals surface area contributed by atoms with Gasteiger partial charge in [0.25, 0.3) is 0 Å². The largest absolute Gasteiger partial charge is 0.490 e. The molecule has 0 amide bonds. The van der Waals surface area contributed by atoms with Crippen molar-refractivity contribution < 1.29 is 23.0 Å². The van der Waals surface area contributed by atoms with Gasteiger partial charge in [-0.3, -0.25) is 0 Å². The summed E-state index contributed by atoms with van der Waals surface area (Å²) in [5.41, 5.74) is 0. The molecule has 26 heavy (non-hydrogen) atoms. The fourth-order valence-electron chi connectivity index (χ4n) is 3.16. The van der Waals surface area contributed by atoms with E-state index in [-0.39, 0.29) is 11.5 Å². The van der Waals surface area contributed by atoms with Crippen LogP contribution in [0.2, 0.25) is 0 Å². The van der Waals surface area contributed by atoms with Gasteiger partial charge < -0.3 is 14.2 Å². The van der Waals surface area contributed by atoms with Crippen LogP contribution in [0.4, 0.5) is 8.78 Å². The van der Waals surface area contributed by atoms with Crippen LogP contribution in [0.25, 0.3) is 0 Å². The lowest BCUT2D eigenvalue weighted by Crippen LogP contribution is -2.19. The number of methoxy groups -OCH3 is 1. The molecule has 0 spiro atoms. The first-order valence-electron chi connectivity index (χ1n) is 9.54. The zero-order valence-corrected chi connectivity index (χ0v) is 15.8. The van der Waals surface area contributed by atoms with Crippen LogP contribution in [0, 0.1) is 23.5 Å². The summed E-state index contributed by atoms with van der Waals surface area (Å²) >= 11 is 0. The molecule has 146 valence electrons. The van der Waals surface area contributed by atoms with Crippen LogP contribution in [0.5, 0.6) is 11.5 Å². The summed E-state index contributed by atoms with van der Waals surface area (Å²) in [7, 11) is 1.68. The standard InChI is InChI=1S/C21H30F2O3/c1-3-4-14-25-18-11-12-19(21(23)20(18)22)26-15-17-9-7-16(8-10-17)6-5-13-24-2/h5-6,11-12,16-17H,3-4,7-10,13-15H2,1-2H3/b6-5+. The quantitative estimate of drug-likeness (QED) is 0.401. The Labute approximate surface area is 155 Å². The SMILES string of the molecule is CCCCOc1ccc(OCC2CCC(/C=C/COC)CC2)c(F)c1F. The fraction of sp³-hybridized carbons (Fsp3) is 0.619. The second-order valence-electron chi connectivity index (χ2n) is 6.87. The van der Waals surface area contributed by atoms with E-state index in [0.717, 1.165) is 38.5 Å². The van der Waals surface area contributed by atoms with Crippen LogP contribution in [0.1, 0.15) is 45.4 Å². The van der Waals surface area contributed by atoms with Gasteiger partial charge in [0.15, 0.2) is 11.5 Å². The molecular formula is C21H30F2O3. The Morgan fingerprint density at radius 3 is 2.31 bits per heavy atom. The van der Waals surface area contributed by atoms with Crippen molar-refractivity contribution >= 4 is 0 Å². The minimum Gasteiger partial charge on any atom is -0.490 e. The topological polar surface area (TPSA) is 27.7 Å². The highest BCUT2D eigenvalue weighted by atomic mass is 19.2. The third kappa shape index (κ3) is 6.27. The average Bonchev–Trinajstić information content (AvgIpc) is 2.66. The molecule has 2 rings (SSSR count). The average molecular weight is 368 g/mol. The van der Waals surface area contributed by atoms with Crippen molar-refractivity contribution in [2.75, 3.05) is 26.9 Å². The highest BCUT2D eigenvalue weighted by Gasteiger charge is 2.21. The zero-order valence-electron chi connectivity index (χ0n) is 15.8. The first-order valence-corrected chi connectivity index (χ1v) is 9.54. The number of unbranched alkanes of at least 4 members (excludes halogenated alkanes) is 1. The summed E-state index contributed by atoms with van der Waals surface area (Å²) in [6.45, 7) is 3.46. The molecule has 1 saturated carbocycles. The Balaban J connectivity index is 1.80. The van der Waals surface area contributed by atoms with Crippen LogP contribution in [0.15, 0.2) is 24.3 Å². The van der Waals surface area contributed by atoms with Gasteiger partial charge in [0.2, 0.25) is 11.6 Å². The molecular weight excluding hydrogens is 338 g/mol. The van der Waals surface area contributed by atoms with E-state index >= 15 is 0 Å². The minimum atomic E-state index is -0.967. The van der Waals surface area contributed by atoms with Crippen LogP contribution in [-0.2, 0) is 4.74 Å². The Hall–Kier alpha value is -1.62. The van der Waals surface area contributed by atoms with Gasteiger partial charge in [0, 0.05) is 7.11 Å². The van der Waals surface area contributed by atoms with Gasteiger partial charge in [0.05, 0.1) is 19.8 Å². The molecule has 1 fully saturated rings. The van der Waals surface area contributed by atoms with Crippen molar-refractivity contribution in [2.45, 2.75) is 45.4 Å². The molecule has 0 aromatic heterocycles. The van der Waals surface area contributed by atoms with E-state index in [1.54, 1.807) is 7.11 Å². The lowest BCUT2D eigenvalue weighted by Gasteiger charge is -2.26. The van der Waals surface area contributed by atoms with Gasteiger partial charge in [0.1, 0.15) is 0 Å². The molecule has 0 unspecified atom stereocenters. The first kappa shape index (κ1) is 20.7. The second-order valence-corrected chi connectivity index (χ2v) is 6.87. The van der Waals surface area contributed by atoms with Crippen molar-refractivity contribution in [1.82, 2.24) is 0 Å². The van der Waals surface area contributed by atoms with E-state index in [2.05, 4.69) is 12.2 Å². The van der Waals surface area contributed by atoms with Gasteiger partial charge in [-0.2, -0.15) is 8.78 Å². The molecule has 0 bridgehead atoms. The molecule has 0 heterocycles. The van der Waals surface area contributed by atoms with Crippen molar-refractivity contribution in [2.24, 2.45) is 11.8 Å². The maximum absolute atomic E-state index is 14.2. The van der Waals surface area contributed by atoms with E-state index in [1.807, 2.05) is 6.92 Å². The first-order chi connectivity index (χ1) is 12.7. The number of hydrogen-bond acceptors (Lipinski definition) is 3. The van der Waals surface area contributed by atoms with Gasteiger partial charge in [-0.1, -0.05) is 25.5 Å². The van der Waals surface area contributed by atoms with E-state index in [4.69, 9.17) is 14.2 Å². The smallest absolute Gasteiger partial charge is 0.204 e.